The van der Waals surface area contributed by atoms with E-state index in [9.17, 15) is 18.0 Å². The number of nitrogen functional groups attached to an aromatic ring is 1. The smallest absolute Gasteiger partial charge is 0.404 e. The lowest BCUT2D eigenvalue weighted by Crippen LogP contribution is -2.27. The van der Waals surface area contributed by atoms with E-state index < -0.39 is 6.36 Å². The van der Waals surface area contributed by atoms with Crippen molar-refractivity contribution in [1.29, 1.82) is 0 Å². The zero-order valence-electron chi connectivity index (χ0n) is 21.5. The van der Waals surface area contributed by atoms with Crippen LogP contribution in [0.3, 0.4) is 0 Å². The Morgan fingerprint density at radius 2 is 1.95 bits per heavy atom. The molecule has 1 amide bonds. The maximum Gasteiger partial charge on any atom is 0.573 e. The highest BCUT2D eigenvalue weighted by Crippen LogP contribution is 2.40. The van der Waals surface area contributed by atoms with Gasteiger partial charge in [0.15, 0.2) is 5.75 Å². The topological polar surface area (TPSA) is 123 Å². The molecule has 9 nitrogen and oxygen atoms in total. The van der Waals surface area contributed by atoms with Gasteiger partial charge in [0.05, 0.1) is 23.1 Å². The van der Waals surface area contributed by atoms with Crippen molar-refractivity contribution in [2.75, 3.05) is 11.1 Å². The Morgan fingerprint density at radius 1 is 1.15 bits per heavy atom. The average molecular weight is 550 g/mol. The molecule has 12 heteroatoms. The van der Waals surface area contributed by atoms with Gasteiger partial charge in [-0.1, -0.05) is 12.1 Å². The molecule has 40 heavy (non-hydrogen) atoms. The Labute approximate surface area is 226 Å². The number of nitrogens with zero attached hydrogens (tertiary/aromatic N) is 4. The Kier molecular flexibility index (Phi) is 6.32. The number of nitrogens with one attached hydrogen (secondary N) is 2. The van der Waals surface area contributed by atoms with E-state index in [1.165, 1.54) is 12.1 Å². The summed E-state index contributed by atoms with van der Waals surface area (Å²) in [6.07, 6.45) is 3.04. The third-order valence-corrected chi connectivity index (χ3v) is 7.35. The van der Waals surface area contributed by atoms with Gasteiger partial charge in [0.1, 0.15) is 22.9 Å². The second kappa shape index (κ2) is 9.85. The molecule has 4 N–H and O–H groups in total. The minimum absolute atomic E-state index is 0.0267. The predicted molar refractivity (Wildman–Crippen MR) is 144 cm³/mol. The van der Waals surface area contributed by atoms with E-state index >= 15 is 0 Å². The molecule has 0 atom stereocenters. The number of carbonyl (C=O) groups excluding carboxylic acids is 1. The summed E-state index contributed by atoms with van der Waals surface area (Å²) >= 11 is 0. The van der Waals surface area contributed by atoms with Gasteiger partial charge in [0.2, 0.25) is 5.91 Å². The number of hydrogen-bond donors (Lipinski definition) is 3. The third-order valence-electron chi connectivity index (χ3n) is 7.35. The molecule has 1 aliphatic carbocycles. The minimum atomic E-state index is -4.82. The Hall–Kier alpha value is -4.61. The lowest BCUT2D eigenvalue weighted by Gasteiger charge is -2.27. The Bertz CT molecular complexity index is 1700. The number of pyridine rings is 1. The molecule has 0 aliphatic heterocycles. The second-order valence-electron chi connectivity index (χ2n) is 10.0. The third kappa shape index (κ3) is 4.92. The summed E-state index contributed by atoms with van der Waals surface area (Å²) in [5.41, 5.74) is 9.57. The molecule has 1 saturated carbocycles. The van der Waals surface area contributed by atoms with Gasteiger partial charge in [0.25, 0.3) is 0 Å². The van der Waals surface area contributed by atoms with Crippen molar-refractivity contribution in [1.82, 2.24) is 24.3 Å². The highest BCUT2D eigenvalue weighted by Gasteiger charge is 2.33. The SMILES string of the molecule is Cc1ccc(NC(=O)[C@H]2CC[C@H](c3nc(-c4cc5cccc(OC(F)(F)F)c5[nH]4)c4c(N)nccn43)CC2)cn1. The van der Waals surface area contributed by atoms with E-state index in [0.29, 0.717) is 40.8 Å². The van der Waals surface area contributed by atoms with Gasteiger partial charge < -0.3 is 20.8 Å². The van der Waals surface area contributed by atoms with Gasteiger partial charge in [-0.25, -0.2) is 9.97 Å². The zero-order valence-corrected chi connectivity index (χ0v) is 21.5. The predicted octanol–water partition coefficient (Wildman–Crippen LogP) is 5.97. The van der Waals surface area contributed by atoms with Crippen LogP contribution in [0.25, 0.3) is 27.8 Å². The van der Waals surface area contributed by atoms with E-state index in [2.05, 4.69) is 25.0 Å². The van der Waals surface area contributed by atoms with Gasteiger partial charge in [0, 0.05) is 35.3 Å². The quantitative estimate of drug-likeness (QED) is 0.248. The lowest BCUT2D eigenvalue weighted by atomic mass is 9.81. The minimum Gasteiger partial charge on any atom is -0.404 e. The maximum atomic E-state index is 13.0. The standard InChI is InChI=1S/C28H26F3N7O2/c1-15-5-10-19(14-34-15)35-27(39)17-8-6-16(7-9-17)26-37-23(24-25(32)33-11-12-38(24)26)20-13-18-3-2-4-21(22(18)36-20)40-28(29,30)31/h2-5,10-14,16-17,36H,6-9H2,1H3,(H2,32,33)(H,35,39)/t16-,17-. The highest BCUT2D eigenvalue weighted by atomic mass is 19.4. The molecule has 1 aliphatic rings. The van der Waals surface area contributed by atoms with Crippen molar-refractivity contribution in [3.63, 3.8) is 0 Å². The van der Waals surface area contributed by atoms with Crippen LogP contribution >= 0.6 is 0 Å². The fourth-order valence-corrected chi connectivity index (χ4v) is 5.43. The molecule has 4 heterocycles. The Balaban J connectivity index is 1.28. The summed E-state index contributed by atoms with van der Waals surface area (Å²) in [7, 11) is 0. The number of imidazole rings is 1. The largest absolute Gasteiger partial charge is 0.573 e. The van der Waals surface area contributed by atoms with E-state index in [-0.39, 0.29) is 34.8 Å². The van der Waals surface area contributed by atoms with Crippen LogP contribution in [0, 0.1) is 12.8 Å². The molecule has 5 aromatic rings. The number of para-hydroxylation sites is 1. The number of ether oxygens (including phenoxy) is 1. The molecule has 0 radical (unpaired) electrons. The van der Waals surface area contributed by atoms with Crippen LogP contribution in [0.1, 0.15) is 43.1 Å². The normalized spacial score (nSPS) is 17.8. The monoisotopic (exact) mass is 549 g/mol. The van der Waals surface area contributed by atoms with Crippen LogP contribution in [0.5, 0.6) is 5.75 Å². The van der Waals surface area contributed by atoms with E-state index in [1.54, 1.807) is 30.7 Å². The summed E-state index contributed by atoms with van der Waals surface area (Å²) in [4.78, 5) is 29.3. The Morgan fingerprint density at radius 3 is 2.67 bits per heavy atom. The van der Waals surface area contributed by atoms with Gasteiger partial charge in [-0.15, -0.1) is 13.2 Å². The molecule has 1 aromatic carbocycles. The van der Waals surface area contributed by atoms with Gasteiger partial charge in [-0.3, -0.25) is 14.2 Å². The summed E-state index contributed by atoms with van der Waals surface area (Å²) < 4.78 is 45.0. The van der Waals surface area contributed by atoms with E-state index in [0.717, 1.165) is 24.4 Å². The summed E-state index contributed by atoms with van der Waals surface area (Å²) in [6.45, 7) is 1.89. The molecule has 0 saturated heterocycles. The van der Waals surface area contributed by atoms with Gasteiger partial charge in [-0.2, -0.15) is 0 Å². The number of aromatic amines is 1. The van der Waals surface area contributed by atoms with Gasteiger partial charge in [-0.05, 0) is 56.9 Å². The van der Waals surface area contributed by atoms with Crippen molar-refractivity contribution >= 4 is 33.8 Å². The van der Waals surface area contributed by atoms with Crippen molar-refractivity contribution < 1.29 is 22.7 Å². The number of aryl methyl sites for hydroxylation is 1. The number of halogens is 3. The summed E-state index contributed by atoms with van der Waals surface area (Å²) in [5.74, 6) is 0.593. The fraction of sp³-hybridized carbons (Fsp3) is 0.286. The lowest BCUT2D eigenvalue weighted by molar-refractivity contribution is -0.274. The summed E-state index contributed by atoms with van der Waals surface area (Å²) in [5, 5.41) is 3.49. The number of H-pyrrole nitrogens is 1. The number of rotatable bonds is 5. The number of carbonyl (C=O) groups is 1. The number of fused-ring (bicyclic) bond motifs is 2. The molecule has 0 spiro atoms. The number of anilines is 2. The van der Waals surface area contributed by atoms with Crippen LogP contribution in [0.15, 0.2) is 55.0 Å². The molecular formula is C28H26F3N7O2. The van der Waals surface area contributed by atoms with Crippen LogP contribution in [-0.4, -0.2) is 36.6 Å². The summed E-state index contributed by atoms with van der Waals surface area (Å²) in [6, 6.07) is 9.86. The van der Waals surface area contributed by atoms with Crippen LogP contribution in [0.2, 0.25) is 0 Å². The zero-order chi connectivity index (χ0) is 28.0. The molecule has 206 valence electrons. The average Bonchev–Trinajstić information content (AvgIpc) is 3.53. The number of benzene rings is 1. The first-order chi connectivity index (χ1) is 19.2. The van der Waals surface area contributed by atoms with Crippen molar-refractivity contribution in [2.45, 2.75) is 44.9 Å². The van der Waals surface area contributed by atoms with Crippen LogP contribution in [-0.2, 0) is 4.79 Å². The first kappa shape index (κ1) is 25.7. The number of hydrogen-bond acceptors (Lipinski definition) is 6. The number of aromatic nitrogens is 5. The molecular weight excluding hydrogens is 523 g/mol. The highest BCUT2D eigenvalue weighted by molar-refractivity contribution is 5.94. The molecule has 0 bridgehead atoms. The maximum absolute atomic E-state index is 13.0. The van der Waals surface area contributed by atoms with Crippen LogP contribution < -0.4 is 15.8 Å². The van der Waals surface area contributed by atoms with E-state index in [1.807, 2.05) is 23.5 Å². The number of nitrogens with two attached hydrogens (primary N) is 1. The second-order valence-corrected chi connectivity index (χ2v) is 10.0. The van der Waals surface area contributed by atoms with Crippen molar-refractivity contribution in [2.24, 2.45) is 5.92 Å². The van der Waals surface area contributed by atoms with Crippen LogP contribution in [0.4, 0.5) is 24.7 Å². The first-order valence-electron chi connectivity index (χ1n) is 12.9. The molecule has 6 rings (SSSR count). The van der Waals surface area contributed by atoms with Crippen molar-refractivity contribution in [3.05, 3.63) is 66.5 Å². The molecule has 1 fully saturated rings. The number of alkyl halides is 3. The molecule has 4 aromatic heterocycles. The van der Waals surface area contributed by atoms with E-state index in [4.69, 9.17) is 10.7 Å². The first-order valence-corrected chi connectivity index (χ1v) is 12.9. The van der Waals surface area contributed by atoms with Crippen molar-refractivity contribution in [3.8, 4) is 17.1 Å². The molecule has 0 unspecified atom stereocenters. The number of amides is 1. The fourth-order valence-electron chi connectivity index (χ4n) is 5.43. The van der Waals surface area contributed by atoms with Gasteiger partial charge >= 0.3 is 6.36 Å².